The van der Waals surface area contributed by atoms with Gasteiger partial charge in [-0.05, 0) is 48.4 Å². The first-order valence-corrected chi connectivity index (χ1v) is 7.16. The molecule has 0 saturated heterocycles. The van der Waals surface area contributed by atoms with E-state index in [2.05, 4.69) is 11.9 Å². The summed E-state index contributed by atoms with van der Waals surface area (Å²) in [6.07, 6.45) is 2.56. The number of aryl methyl sites for hydroxylation is 1. The highest BCUT2D eigenvalue weighted by Crippen LogP contribution is 2.32. The minimum Gasteiger partial charge on any atom is -0.457 e. The lowest BCUT2D eigenvalue weighted by molar-refractivity contribution is 0.487. The number of pyridine rings is 1. The van der Waals surface area contributed by atoms with E-state index in [1.807, 2.05) is 42.5 Å². The molecule has 3 aromatic rings. The molecule has 3 rings (SSSR count). The summed E-state index contributed by atoms with van der Waals surface area (Å²) < 4.78 is 5.99. The summed E-state index contributed by atoms with van der Waals surface area (Å²) in [5, 5.41) is 1.65. The number of aromatic nitrogens is 1. The van der Waals surface area contributed by atoms with Crippen molar-refractivity contribution < 1.29 is 4.74 Å². The van der Waals surface area contributed by atoms with Gasteiger partial charge in [-0.1, -0.05) is 24.6 Å². The number of rotatable bonds is 3. The van der Waals surface area contributed by atoms with Crippen LogP contribution in [0.1, 0.15) is 12.5 Å². The van der Waals surface area contributed by atoms with Crippen molar-refractivity contribution in [3.05, 3.63) is 59.2 Å². The van der Waals surface area contributed by atoms with E-state index in [1.165, 1.54) is 0 Å². The first-order valence-electron chi connectivity index (χ1n) is 6.78. The molecule has 0 saturated carbocycles. The van der Waals surface area contributed by atoms with Crippen LogP contribution in [0.15, 0.2) is 48.7 Å². The SMILES string of the molecule is CCc1cc(Oc2ccnc3c(N)cccc23)ccc1Cl. The summed E-state index contributed by atoms with van der Waals surface area (Å²) >= 11 is 6.13. The zero-order valence-electron chi connectivity index (χ0n) is 11.6. The molecule has 0 aliphatic carbocycles. The van der Waals surface area contributed by atoms with Crippen molar-refractivity contribution in [3.63, 3.8) is 0 Å². The van der Waals surface area contributed by atoms with Gasteiger partial charge >= 0.3 is 0 Å². The third-order valence-corrected chi connectivity index (χ3v) is 3.76. The molecule has 1 aromatic heterocycles. The van der Waals surface area contributed by atoms with Crippen LogP contribution in [0.4, 0.5) is 5.69 Å². The summed E-state index contributed by atoms with van der Waals surface area (Å²) in [4.78, 5) is 4.30. The first-order chi connectivity index (χ1) is 10.2. The van der Waals surface area contributed by atoms with E-state index < -0.39 is 0 Å². The number of anilines is 1. The van der Waals surface area contributed by atoms with Crippen molar-refractivity contribution in [2.75, 3.05) is 5.73 Å². The zero-order chi connectivity index (χ0) is 14.8. The van der Waals surface area contributed by atoms with Gasteiger partial charge in [0.2, 0.25) is 0 Å². The van der Waals surface area contributed by atoms with Gasteiger partial charge in [0.15, 0.2) is 0 Å². The van der Waals surface area contributed by atoms with E-state index in [4.69, 9.17) is 22.1 Å². The molecule has 4 heteroatoms. The lowest BCUT2D eigenvalue weighted by Crippen LogP contribution is -1.92. The second-order valence-corrected chi connectivity index (χ2v) is 5.17. The number of hydrogen-bond acceptors (Lipinski definition) is 3. The molecular weight excluding hydrogens is 284 g/mol. The van der Waals surface area contributed by atoms with Crippen molar-refractivity contribution in [2.45, 2.75) is 13.3 Å². The highest BCUT2D eigenvalue weighted by atomic mass is 35.5. The van der Waals surface area contributed by atoms with Gasteiger partial charge in [-0.2, -0.15) is 0 Å². The van der Waals surface area contributed by atoms with Gasteiger partial charge in [0.25, 0.3) is 0 Å². The fraction of sp³-hybridized carbons (Fsp3) is 0.118. The third-order valence-electron chi connectivity index (χ3n) is 3.39. The average Bonchev–Trinajstić information content (AvgIpc) is 2.50. The Labute approximate surface area is 128 Å². The van der Waals surface area contributed by atoms with Crippen LogP contribution < -0.4 is 10.5 Å². The molecule has 106 valence electrons. The van der Waals surface area contributed by atoms with Crippen LogP contribution in [0.25, 0.3) is 10.9 Å². The highest BCUT2D eigenvalue weighted by molar-refractivity contribution is 6.31. The molecule has 0 atom stereocenters. The fourth-order valence-corrected chi connectivity index (χ4v) is 2.53. The van der Waals surface area contributed by atoms with E-state index in [0.29, 0.717) is 5.69 Å². The zero-order valence-corrected chi connectivity index (χ0v) is 12.4. The fourth-order valence-electron chi connectivity index (χ4n) is 2.28. The third kappa shape index (κ3) is 2.65. The van der Waals surface area contributed by atoms with E-state index in [0.717, 1.165) is 39.4 Å². The van der Waals surface area contributed by atoms with Crippen molar-refractivity contribution >= 4 is 28.2 Å². The standard InChI is InChI=1S/C17H15ClN2O/c1-2-11-10-12(6-7-14(11)18)21-16-8-9-20-17-13(16)4-3-5-15(17)19/h3-10H,2,19H2,1H3. The van der Waals surface area contributed by atoms with E-state index in [-0.39, 0.29) is 0 Å². The number of fused-ring (bicyclic) bond motifs is 1. The molecule has 0 unspecified atom stereocenters. The molecule has 3 nitrogen and oxygen atoms in total. The van der Waals surface area contributed by atoms with Crippen LogP contribution in [-0.2, 0) is 6.42 Å². The first kappa shape index (κ1) is 13.7. The number of nitrogens with two attached hydrogens (primary N) is 1. The van der Waals surface area contributed by atoms with E-state index >= 15 is 0 Å². The van der Waals surface area contributed by atoms with Crippen LogP contribution >= 0.6 is 11.6 Å². The minimum atomic E-state index is 0.642. The van der Waals surface area contributed by atoms with E-state index in [1.54, 1.807) is 6.20 Å². The Balaban J connectivity index is 2.04. The predicted octanol–water partition coefficient (Wildman–Crippen LogP) is 4.83. The molecule has 0 fully saturated rings. The summed E-state index contributed by atoms with van der Waals surface area (Å²) in [6.45, 7) is 2.06. The number of halogens is 1. The molecule has 0 spiro atoms. The second-order valence-electron chi connectivity index (χ2n) is 4.76. The van der Waals surface area contributed by atoms with E-state index in [9.17, 15) is 0 Å². The van der Waals surface area contributed by atoms with Gasteiger partial charge in [0.05, 0.1) is 11.2 Å². The quantitative estimate of drug-likeness (QED) is 0.705. The highest BCUT2D eigenvalue weighted by Gasteiger charge is 2.07. The monoisotopic (exact) mass is 298 g/mol. The minimum absolute atomic E-state index is 0.642. The number of nitrogen functional groups attached to an aromatic ring is 1. The lowest BCUT2D eigenvalue weighted by Gasteiger charge is -2.11. The maximum absolute atomic E-state index is 6.13. The molecule has 2 N–H and O–H groups in total. The maximum Gasteiger partial charge on any atom is 0.138 e. The number of hydrogen-bond donors (Lipinski definition) is 1. The van der Waals surface area contributed by atoms with Crippen molar-refractivity contribution in [1.29, 1.82) is 0 Å². The van der Waals surface area contributed by atoms with Gasteiger partial charge in [-0.25, -0.2) is 0 Å². The average molecular weight is 299 g/mol. The summed E-state index contributed by atoms with van der Waals surface area (Å²) in [6, 6.07) is 13.2. The summed E-state index contributed by atoms with van der Waals surface area (Å²) in [5.74, 6) is 1.49. The normalized spacial score (nSPS) is 10.8. The molecular formula is C17H15ClN2O. The lowest BCUT2D eigenvalue weighted by atomic mass is 10.1. The maximum atomic E-state index is 6.13. The van der Waals surface area contributed by atoms with Crippen LogP contribution in [-0.4, -0.2) is 4.98 Å². The topological polar surface area (TPSA) is 48.1 Å². The number of nitrogens with zero attached hydrogens (tertiary/aromatic N) is 1. The van der Waals surface area contributed by atoms with Crippen molar-refractivity contribution in [3.8, 4) is 11.5 Å². The Morgan fingerprint density at radius 3 is 2.86 bits per heavy atom. The van der Waals surface area contributed by atoms with Crippen LogP contribution in [0.2, 0.25) is 5.02 Å². The van der Waals surface area contributed by atoms with Gasteiger partial charge in [0.1, 0.15) is 11.5 Å². The summed E-state index contributed by atoms with van der Waals surface area (Å²) in [7, 11) is 0. The Morgan fingerprint density at radius 2 is 2.05 bits per heavy atom. The van der Waals surface area contributed by atoms with Crippen molar-refractivity contribution in [2.24, 2.45) is 0 Å². The van der Waals surface area contributed by atoms with Gasteiger partial charge in [0, 0.05) is 16.6 Å². The van der Waals surface area contributed by atoms with Gasteiger partial charge in [-0.3, -0.25) is 4.98 Å². The van der Waals surface area contributed by atoms with Crippen LogP contribution in [0.3, 0.4) is 0 Å². The number of ether oxygens (including phenoxy) is 1. The van der Waals surface area contributed by atoms with Gasteiger partial charge in [-0.15, -0.1) is 0 Å². The van der Waals surface area contributed by atoms with Crippen LogP contribution in [0.5, 0.6) is 11.5 Å². The Hall–Kier alpha value is -2.26. The number of benzene rings is 2. The molecule has 1 heterocycles. The molecule has 0 radical (unpaired) electrons. The molecule has 0 bridgehead atoms. The van der Waals surface area contributed by atoms with Crippen LogP contribution in [0, 0.1) is 0 Å². The summed E-state index contributed by atoms with van der Waals surface area (Å²) in [5.41, 5.74) is 8.40. The van der Waals surface area contributed by atoms with Gasteiger partial charge < -0.3 is 10.5 Å². The van der Waals surface area contributed by atoms with Crippen molar-refractivity contribution in [1.82, 2.24) is 4.98 Å². The molecule has 0 aliphatic rings. The Morgan fingerprint density at radius 1 is 1.19 bits per heavy atom. The second kappa shape index (κ2) is 5.62. The Bertz CT molecular complexity index is 802. The molecule has 0 aliphatic heterocycles. The predicted molar refractivity (Wildman–Crippen MR) is 87.1 cm³/mol. The molecule has 0 amide bonds. The largest absolute Gasteiger partial charge is 0.457 e. The molecule has 21 heavy (non-hydrogen) atoms. The smallest absolute Gasteiger partial charge is 0.138 e. The number of para-hydroxylation sites is 1. The Kier molecular flexibility index (Phi) is 3.67. The molecule has 2 aromatic carbocycles.